The maximum Gasteiger partial charge on any atom is 0.257 e. The number of nitrogens with zero attached hydrogens (tertiary/aromatic N) is 4. The third kappa shape index (κ3) is 2.57. The molecule has 0 bridgehead atoms. The highest BCUT2D eigenvalue weighted by Crippen LogP contribution is 2.35. The molecule has 1 aliphatic carbocycles. The molecule has 3 aromatic heterocycles. The number of rotatable bonds is 3. The van der Waals surface area contributed by atoms with E-state index >= 15 is 0 Å². The number of thiophene rings is 1. The van der Waals surface area contributed by atoms with Crippen molar-refractivity contribution in [3.8, 4) is 10.8 Å². The average Bonchev–Trinajstić information content (AvgIpc) is 3.33. The van der Waals surface area contributed by atoms with Crippen LogP contribution < -0.4 is 0 Å². The molecule has 0 saturated heterocycles. The molecule has 7 heteroatoms. The second-order valence-corrected chi connectivity index (χ2v) is 7.69. The smallest absolute Gasteiger partial charge is 0.257 e. The molecule has 0 aromatic carbocycles. The summed E-state index contributed by atoms with van der Waals surface area (Å²) in [5.74, 6) is 1.36. The molecular formula is C17H19N5OS. The zero-order valence-corrected chi connectivity index (χ0v) is 14.2. The summed E-state index contributed by atoms with van der Waals surface area (Å²) in [5.41, 5.74) is 3.86. The van der Waals surface area contributed by atoms with Gasteiger partial charge in [-0.05, 0) is 37.3 Å². The number of fused-ring (bicyclic) bond motifs is 2. The van der Waals surface area contributed by atoms with Crippen LogP contribution >= 0.6 is 11.3 Å². The first-order valence-corrected chi connectivity index (χ1v) is 9.34. The van der Waals surface area contributed by atoms with Crippen molar-refractivity contribution in [1.82, 2.24) is 25.1 Å². The lowest BCUT2D eigenvalue weighted by molar-refractivity contribution is 0.218. The first-order chi connectivity index (χ1) is 11.8. The fourth-order valence-corrected chi connectivity index (χ4v) is 4.78. The second kappa shape index (κ2) is 5.82. The third-order valence-electron chi connectivity index (χ3n) is 4.89. The van der Waals surface area contributed by atoms with E-state index in [4.69, 9.17) is 4.42 Å². The summed E-state index contributed by atoms with van der Waals surface area (Å²) >= 11 is 1.82. The van der Waals surface area contributed by atoms with Gasteiger partial charge in [0.2, 0.25) is 5.89 Å². The highest BCUT2D eigenvalue weighted by atomic mass is 32.1. The van der Waals surface area contributed by atoms with Crippen LogP contribution in [0.25, 0.3) is 10.8 Å². The minimum absolute atomic E-state index is 0.670. The van der Waals surface area contributed by atoms with E-state index in [-0.39, 0.29) is 0 Å². The van der Waals surface area contributed by atoms with E-state index in [9.17, 15) is 0 Å². The standard InChI is InChI=1S/C17H19N5OS/c1-2-4-14-11(3-1)7-15(24-14)17-21-20-16(23-17)9-22-6-5-12-13(8-22)19-10-18-12/h7,10H,1-6,8-9H2,(H,18,19). The molecule has 2 aliphatic rings. The lowest BCUT2D eigenvalue weighted by Crippen LogP contribution is -2.30. The van der Waals surface area contributed by atoms with Gasteiger partial charge in [0.1, 0.15) is 0 Å². The van der Waals surface area contributed by atoms with Crippen molar-refractivity contribution >= 4 is 11.3 Å². The topological polar surface area (TPSA) is 70.8 Å². The fraction of sp³-hybridized carbons (Fsp3) is 0.471. The molecule has 0 radical (unpaired) electrons. The van der Waals surface area contributed by atoms with Crippen molar-refractivity contribution in [3.63, 3.8) is 0 Å². The average molecular weight is 341 g/mol. The summed E-state index contributed by atoms with van der Waals surface area (Å²) in [6.45, 7) is 2.53. The molecule has 1 N–H and O–H groups in total. The van der Waals surface area contributed by atoms with Crippen LogP contribution in [0.3, 0.4) is 0 Å². The maximum absolute atomic E-state index is 5.94. The molecule has 0 spiro atoms. The maximum atomic E-state index is 5.94. The zero-order valence-electron chi connectivity index (χ0n) is 13.4. The number of nitrogens with one attached hydrogen (secondary N) is 1. The van der Waals surface area contributed by atoms with E-state index in [0.29, 0.717) is 18.3 Å². The van der Waals surface area contributed by atoms with Gasteiger partial charge in [0.15, 0.2) is 0 Å². The lowest BCUT2D eigenvalue weighted by Gasteiger charge is -2.24. The summed E-state index contributed by atoms with van der Waals surface area (Å²) in [6, 6.07) is 2.24. The second-order valence-electron chi connectivity index (χ2n) is 6.56. The molecule has 4 heterocycles. The molecule has 3 aromatic rings. The van der Waals surface area contributed by atoms with Crippen LogP contribution in [-0.2, 0) is 32.4 Å². The van der Waals surface area contributed by atoms with Gasteiger partial charge in [0.05, 0.1) is 29.1 Å². The monoisotopic (exact) mass is 341 g/mol. The van der Waals surface area contributed by atoms with E-state index in [1.807, 2.05) is 11.3 Å². The molecular weight excluding hydrogens is 322 g/mol. The number of aryl methyl sites for hydroxylation is 2. The molecule has 0 amide bonds. The molecule has 6 nitrogen and oxygen atoms in total. The van der Waals surface area contributed by atoms with Gasteiger partial charge in [0, 0.05) is 24.4 Å². The van der Waals surface area contributed by atoms with Crippen molar-refractivity contribution in [2.45, 2.75) is 45.2 Å². The first-order valence-electron chi connectivity index (χ1n) is 8.53. The van der Waals surface area contributed by atoms with Crippen molar-refractivity contribution in [1.29, 1.82) is 0 Å². The predicted molar refractivity (Wildman–Crippen MR) is 90.7 cm³/mol. The van der Waals surface area contributed by atoms with E-state index in [1.165, 1.54) is 47.5 Å². The minimum Gasteiger partial charge on any atom is -0.419 e. The van der Waals surface area contributed by atoms with Crippen LogP contribution in [0.1, 0.15) is 40.6 Å². The van der Waals surface area contributed by atoms with Crippen LogP contribution in [0.4, 0.5) is 0 Å². The van der Waals surface area contributed by atoms with Crippen molar-refractivity contribution in [3.05, 3.63) is 40.1 Å². The van der Waals surface area contributed by atoms with E-state index in [2.05, 4.69) is 31.1 Å². The summed E-state index contributed by atoms with van der Waals surface area (Å²) in [7, 11) is 0. The number of aromatic nitrogens is 4. The van der Waals surface area contributed by atoms with Gasteiger partial charge in [-0.15, -0.1) is 21.5 Å². The predicted octanol–water partition coefficient (Wildman–Crippen LogP) is 2.96. The summed E-state index contributed by atoms with van der Waals surface area (Å²) < 4.78 is 5.94. The van der Waals surface area contributed by atoms with E-state index in [1.54, 1.807) is 6.33 Å². The van der Waals surface area contributed by atoms with Gasteiger partial charge in [0.25, 0.3) is 5.89 Å². The SMILES string of the molecule is c1nc2c([nH]1)CN(Cc1nnc(-c3cc4c(s3)CCCC4)o1)CC2. The van der Waals surface area contributed by atoms with Gasteiger partial charge in [-0.2, -0.15) is 0 Å². The molecule has 0 atom stereocenters. The minimum atomic E-state index is 0.670. The Morgan fingerprint density at radius 1 is 1.21 bits per heavy atom. The van der Waals surface area contributed by atoms with Crippen molar-refractivity contribution in [2.75, 3.05) is 6.54 Å². The Labute approximate surface area is 143 Å². The Hall–Kier alpha value is -1.99. The van der Waals surface area contributed by atoms with Gasteiger partial charge in [-0.25, -0.2) is 4.98 Å². The number of imidazole rings is 1. The highest BCUT2D eigenvalue weighted by Gasteiger charge is 2.21. The van der Waals surface area contributed by atoms with Gasteiger partial charge >= 0.3 is 0 Å². The largest absolute Gasteiger partial charge is 0.419 e. The first kappa shape index (κ1) is 14.4. The van der Waals surface area contributed by atoms with Crippen LogP contribution in [0, 0.1) is 0 Å². The van der Waals surface area contributed by atoms with Gasteiger partial charge in [-0.1, -0.05) is 0 Å². The van der Waals surface area contributed by atoms with Crippen molar-refractivity contribution < 1.29 is 4.42 Å². The van der Waals surface area contributed by atoms with Crippen molar-refractivity contribution in [2.24, 2.45) is 0 Å². The molecule has 0 fully saturated rings. The summed E-state index contributed by atoms with van der Waals surface area (Å²) in [5, 5.41) is 8.54. The summed E-state index contributed by atoms with van der Waals surface area (Å²) in [4.78, 5) is 12.5. The van der Waals surface area contributed by atoms with Crippen LogP contribution in [0.15, 0.2) is 16.8 Å². The Bertz CT molecular complexity index is 841. The molecule has 0 saturated carbocycles. The van der Waals surface area contributed by atoms with E-state index in [0.717, 1.165) is 24.4 Å². The lowest BCUT2D eigenvalue weighted by atomic mass is 9.99. The quantitative estimate of drug-likeness (QED) is 0.793. The zero-order chi connectivity index (χ0) is 15.9. The van der Waals surface area contributed by atoms with Crippen LogP contribution in [0.5, 0.6) is 0 Å². The Morgan fingerprint density at radius 3 is 3.12 bits per heavy atom. The normalized spacial score (nSPS) is 17.7. The number of hydrogen-bond acceptors (Lipinski definition) is 6. The molecule has 5 rings (SSSR count). The Morgan fingerprint density at radius 2 is 2.17 bits per heavy atom. The van der Waals surface area contributed by atoms with Crippen LogP contribution in [0.2, 0.25) is 0 Å². The Kier molecular flexibility index (Phi) is 3.48. The molecule has 24 heavy (non-hydrogen) atoms. The van der Waals surface area contributed by atoms with E-state index < -0.39 is 0 Å². The van der Waals surface area contributed by atoms with Crippen LogP contribution in [-0.4, -0.2) is 31.6 Å². The number of H-pyrrole nitrogens is 1. The molecule has 0 unspecified atom stereocenters. The Balaban J connectivity index is 1.32. The highest BCUT2D eigenvalue weighted by molar-refractivity contribution is 7.15. The number of aromatic amines is 1. The van der Waals surface area contributed by atoms with Gasteiger partial charge in [-0.3, -0.25) is 4.90 Å². The summed E-state index contributed by atoms with van der Waals surface area (Å²) in [6.07, 6.45) is 7.72. The van der Waals surface area contributed by atoms with Gasteiger partial charge < -0.3 is 9.40 Å². The fourth-order valence-electron chi connectivity index (χ4n) is 3.61. The molecule has 1 aliphatic heterocycles. The third-order valence-corrected chi connectivity index (χ3v) is 6.11. The molecule has 124 valence electrons. The number of hydrogen-bond donors (Lipinski definition) is 1.